The molecule has 0 saturated carbocycles. The van der Waals surface area contributed by atoms with Gasteiger partial charge in [-0.05, 0) is 24.0 Å². The van der Waals surface area contributed by atoms with Crippen LogP contribution in [0.2, 0.25) is 0 Å². The molecule has 2 aromatic carbocycles. The minimum absolute atomic E-state index is 0.0377. The number of nitrogens with zero attached hydrogens (tertiary/aromatic N) is 5. The molecular formula is C26H26N6O5. The normalized spacial score (nSPS) is 14.9. The zero-order chi connectivity index (χ0) is 25.8. The van der Waals surface area contributed by atoms with Crippen molar-refractivity contribution in [1.82, 2.24) is 24.6 Å². The average molecular weight is 503 g/mol. The molecule has 190 valence electrons. The Kier molecular flexibility index (Phi) is 6.78. The van der Waals surface area contributed by atoms with Gasteiger partial charge in [-0.1, -0.05) is 42.5 Å². The lowest BCUT2D eigenvalue weighted by molar-refractivity contribution is -0.384. The second kappa shape index (κ2) is 10.3. The van der Waals surface area contributed by atoms with Crippen molar-refractivity contribution in [2.24, 2.45) is 0 Å². The molecule has 3 heterocycles. The number of carbonyl (C=O) groups excluding carboxylic acids is 1. The molecule has 4 aromatic rings. The van der Waals surface area contributed by atoms with Gasteiger partial charge in [0.25, 0.3) is 11.2 Å². The van der Waals surface area contributed by atoms with E-state index >= 15 is 0 Å². The number of nitrogens with one attached hydrogen (secondary N) is 1. The molecule has 0 bridgehead atoms. The summed E-state index contributed by atoms with van der Waals surface area (Å²) < 4.78 is 8.50. The van der Waals surface area contributed by atoms with Gasteiger partial charge in [-0.2, -0.15) is 5.10 Å². The summed E-state index contributed by atoms with van der Waals surface area (Å²) in [4.78, 5) is 41.3. The van der Waals surface area contributed by atoms with Gasteiger partial charge in [0.15, 0.2) is 5.65 Å². The zero-order valence-corrected chi connectivity index (χ0v) is 20.1. The van der Waals surface area contributed by atoms with Crippen molar-refractivity contribution in [3.63, 3.8) is 0 Å². The number of amides is 1. The molecule has 11 heteroatoms. The summed E-state index contributed by atoms with van der Waals surface area (Å²) in [7, 11) is 0. The molecule has 0 radical (unpaired) electrons. The van der Waals surface area contributed by atoms with E-state index in [4.69, 9.17) is 4.74 Å². The Morgan fingerprint density at radius 2 is 1.92 bits per heavy atom. The number of aromatic nitrogens is 4. The maximum Gasteiger partial charge on any atom is 0.269 e. The third-order valence-corrected chi connectivity index (χ3v) is 6.81. The number of nitro benzene ring substituents is 1. The van der Waals surface area contributed by atoms with Crippen molar-refractivity contribution >= 4 is 22.6 Å². The predicted octanol–water partition coefficient (Wildman–Crippen LogP) is 2.41. The summed E-state index contributed by atoms with van der Waals surface area (Å²) in [6.45, 7) is 1.87. The Morgan fingerprint density at radius 1 is 1.14 bits per heavy atom. The van der Waals surface area contributed by atoms with E-state index in [1.165, 1.54) is 29.2 Å². The number of non-ortho nitro benzene ring substituents is 1. The van der Waals surface area contributed by atoms with Crippen LogP contribution in [0, 0.1) is 10.1 Å². The zero-order valence-electron chi connectivity index (χ0n) is 20.1. The predicted molar refractivity (Wildman–Crippen MR) is 135 cm³/mol. The minimum Gasteiger partial charge on any atom is -0.381 e. The first-order chi connectivity index (χ1) is 18.0. The van der Waals surface area contributed by atoms with Crippen LogP contribution in [0.4, 0.5) is 5.69 Å². The van der Waals surface area contributed by atoms with Crippen LogP contribution < -0.4 is 10.9 Å². The monoisotopic (exact) mass is 502 g/mol. The van der Waals surface area contributed by atoms with E-state index in [9.17, 15) is 19.7 Å². The first-order valence-corrected chi connectivity index (χ1v) is 12.0. The van der Waals surface area contributed by atoms with Crippen LogP contribution in [0.3, 0.4) is 0 Å². The Bertz CT molecular complexity index is 1490. The average Bonchev–Trinajstić information content (AvgIpc) is 3.35. The Labute approximate surface area is 211 Å². The fraction of sp³-hybridized carbons (Fsp3) is 0.308. The third kappa shape index (κ3) is 4.85. The highest BCUT2D eigenvalue weighted by Gasteiger charge is 2.41. The highest BCUT2D eigenvalue weighted by Crippen LogP contribution is 2.35. The molecule has 1 amide bonds. The van der Waals surface area contributed by atoms with E-state index in [-0.39, 0.29) is 23.7 Å². The van der Waals surface area contributed by atoms with E-state index in [0.717, 1.165) is 5.56 Å². The Hall–Kier alpha value is -4.38. The summed E-state index contributed by atoms with van der Waals surface area (Å²) in [5, 5.41) is 18.7. The van der Waals surface area contributed by atoms with E-state index in [2.05, 4.69) is 15.4 Å². The number of hydrogen-bond acceptors (Lipinski definition) is 7. The number of ether oxygens (including phenoxy) is 1. The standard InChI is InChI=1S/C26H26N6O5/c33-24-22-16-29-31(23(22)28-18-30(24)17-19-5-4-8-21(15-19)32(35)36)12-11-27-25(34)26(9-13-37-14-10-26)20-6-2-1-3-7-20/h1-8,15-16,18H,9-14,17H2,(H,27,34). The van der Waals surface area contributed by atoms with Crippen LogP contribution in [0.5, 0.6) is 0 Å². The molecule has 0 aliphatic carbocycles. The van der Waals surface area contributed by atoms with E-state index in [1.807, 2.05) is 30.3 Å². The van der Waals surface area contributed by atoms with Crippen molar-refractivity contribution in [2.45, 2.75) is 31.3 Å². The van der Waals surface area contributed by atoms with E-state index in [1.54, 1.807) is 16.8 Å². The molecule has 37 heavy (non-hydrogen) atoms. The van der Waals surface area contributed by atoms with Crippen molar-refractivity contribution in [2.75, 3.05) is 19.8 Å². The van der Waals surface area contributed by atoms with Crippen LogP contribution in [0.25, 0.3) is 11.0 Å². The van der Waals surface area contributed by atoms with Crippen molar-refractivity contribution in [3.05, 3.63) is 98.7 Å². The van der Waals surface area contributed by atoms with Gasteiger partial charge in [-0.15, -0.1) is 0 Å². The lowest BCUT2D eigenvalue weighted by Crippen LogP contribution is -2.48. The fourth-order valence-corrected chi connectivity index (χ4v) is 4.81. The van der Waals surface area contributed by atoms with Gasteiger partial charge < -0.3 is 10.1 Å². The van der Waals surface area contributed by atoms with Crippen LogP contribution in [-0.2, 0) is 28.0 Å². The lowest BCUT2D eigenvalue weighted by Gasteiger charge is -2.36. The van der Waals surface area contributed by atoms with E-state index in [0.29, 0.717) is 55.7 Å². The Balaban J connectivity index is 1.29. The minimum atomic E-state index is -0.635. The largest absolute Gasteiger partial charge is 0.381 e. The van der Waals surface area contributed by atoms with Crippen molar-refractivity contribution in [3.8, 4) is 0 Å². The third-order valence-electron chi connectivity index (χ3n) is 6.81. The summed E-state index contributed by atoms with van der Waals surface area (Å²) >= 11 is 0. The second-order valence-electron chi connectivity index (χ2n) is 9.03. The second-order valence-corrected chi connectivity index (χ2v) is 9.03. The summed E-state index contributed by atoms with van der Waals surface area (Å²) in [5.41, 5.74) is 1.04. The van der Waals surface area contributed by atoms with Gasteiger partial charge >= 0.3 is 0 Å². The SMILES string of the molecule is O=C(NCCn1ncc2c(=O)n(Cc3cccc([N+](=O)[O-])c3)cnc21)C1(c2ccccc2)CCOCC1. The molecule has 0 atom stereocenters. The summed E-state index contributed by atoms with van der Waals surface area (Å²) in [6.07, 6.45) is 4.09. The summed E-state index contributed by atoms with van der Waals surface area (Å²) in [5.74, 6) is -0.0502. The maximum absolute atomic E-state index is 13.3. The molecule has 1 aliphatic heterocycles. The molecular weight excluding hydrogens is 476 g/mol. The van der Waals surface area contributed by atoms with Crippen molar-refractivity contribution in [1.29, 1.82) is 0 Å². The van der Waals surface area contributed by atoms with Gasteiger partial charge in [0, 0.05) is 31.9 Å². The first kappa shape index (κ1) is 24.3. The van der Waals surface area contributed by atoms with Gasteiger partial charge in [0.05, 0.1) is 29.6 Å². The van der Waals surface area contributed by atoms with Crippen LogP contribution in [0.15, 0.2) is 71.9 Å². The van der Waals surface area contributed by atoms with Gasteiger partial charge in [0.1, 0.15) is 11.7 Å². The van der Waals surface area contributed by atoms with Gasteiger partial charge in [-0.3, -0.25) is 24.3 Å². The number of hydrogen-bond donors (Lipinski definition) is 1. The lowest BCUT2D eigenvalue weighted by atomic mass is 9.73. The topological polar surface area (TPSA) is 134 Å². The highest BCUT2D eigenvalue weighted by atomic mass is 16.6. The fourth-order valence-electron chi connectivity index (χ4n) is 4.81. The van der Waals surface area contributed by atoms with Crippen molar-refractivity contribution < 1.29 is 14.5 Å². The smallest absolute Gasteiger partial charge is 0.269 e. The number of nitro groups is 1. The highest BCUT2D eigenvalue weighted by molar-refractivity contribution is 5.88. The first-order valence-electron chi connectivity index (χ1n) is 12.0. The van der Waals surface area contributed by atoms with Crippen LogP contribution in [0.1, 0.15) is 24.0 Å². The maximum atomic E-state index is 13.3. The molecule has 0 spiro atoms. The molecule has 1 aliphatic rings. The number of fused-ring (bicyclic) bond motifs is 1. The van der Waals surface area contributed by atoms with Crippen LogP contribution >= 0.6 is 0 Å². The molecule has 11 nitrogen and oxygen atoms in total. The van der Waals surface area contributed by atoms with E-state index < -0.39 is 10.3 Å². The number of rotatable bonds is 8. The number of carbonyl (C=O) groups is 1. The summed E-state index contributed by atoms with van der Waals surface area (Å²) in [6, 6.07) is 15.9. The molecule has 2 aromatic heterocycles. The molecule has 5 rings (SSSR count). The molecule has 1 saturated heterocycles. The Morgan fingerprint density at radius 3 is 2.68 bits per heavy atom. The van der Waals surface area contributed by atoms with Crippen LogP contribution in [-0.4, -0.2) is 49.9 Å². The molecule has 1 N–H and O–H groups in total. The number of benzene rings is 2. The quantitative estimate of drug-likeness (QED) is 0.289. The van der Waals surface area contributed by atoms with Gasteiger partial charge in [-0.25, -0.2) is 9.67 Å². The molecule has 1 fully saturated rings. The van der Waals surface area contributed by atoms with Gasteiger partial charge in [0.2, 0.25) is 5.91 Å². The molecule has 0 unspecified atom stereocenters.